The van der Waals surface area contributed by atoms with Gasteiger partial charge in [-0.2, -0.15) is 0 Å². The van der Waals surface area contributed by atoms with Crippen LogP contribution < -0.4 is 11.3 Å². The SMILES string of the molecule is NNC(=NC1CC1)c1ccc(Cl)c(Cl)c1. The Morgan fingerprint density at radius 3 is 2.60 bits per heavy atom. The summed E-state index contributed by atoms with van der Waals surface area (Å²) in [5.74, 6) is 6.08. The normalized spacial score (nSPS) is 16.6. The molecule has 1 aliphatic carbocycles. The molecule has 0 unspecified atom stereocenters. The van der Waals surface area contributed by atoms with E-state index in [0.29, 0.717) is 21.9 Å². The minimum Gasteiger partial charge on any atom is -0.308 e. The second kappa shape index (κ2) is 4.39. The van der Waals surface area contributed by atoms with Gasteiger partial charge in [0.15, 0.2) is 0 Å². The second-order valence-corrected chi connectivity index (χ2v) is 4.30. The quantitative estimate of drug-likeness (QED) is 0.363. The van der Waals surface area contributed by atoms with E-state index < -0.39 is 0 Å². The predicted molar refractivity (Wildman–Crippen MR) is 63.3 cm³/mol. The lowest BCUT2D eigenvalue weighted by atomic mass is 10.2. The predicted octanol–water partition coefficient (Wildman–Crippen LogP) is 2.37. The van der Waals surface area contributed by atoms with Gasteiger partial charge < -0.3 is 5.43 Å². The Morgan fingerprint density at radius 1 is 1.33 bits per heavy atom. The number of nitrogens with one attached hydrogen (secondary N) is 1. The van der Waals surface area contributed by atoms with Crippen LogP contribution in [0.15, 0.2) is 23.2 Å². The molecule has 0 atom stereocenters. The molecule has 80 valence electrons. The van der Waals surface area contributed by atoms with Crippen molar-refractivity contribution in [2.45, 2.75) is 18.9 Å². The molecule has 2 rings (SSSR count). The Morgan fingerprint density at radius 2 is 2.07 bits per heavy atom. The van der Waals surface area contributed by atoms with E-state index in [9.17, 15) is 0 Å². The van der Waals surface area contributed by atoms with Crippen molar-refractivity contribution in [3.05, 3.63) is 33.8 Å². The summed E-state index contributed by atoms with van der Waals surface area (Å²) >= 11 is 11.7. The molecule has 5 heteroatoms. The van der Waals surface area contributed by atoms with Crippen LogP contribution in [0, 0.1) is 0 Å². The Balaban J connectivity index is 2.29. The highest BCUT2D eigenvalue weighted by atomic mass is 35.5. The third-order valence-electron chi connectivity index (χ3n) is 2.19. The van der Waals surface area contributed by atoms with E-state index in [-0.39, 0.29) is 0 Å². The Bertz CT molecular complexity index is 400. The van der Waals surface area contributed by atoms with Crippen LogP contribution in [0.4, 0.5) is 0 Å². The van der Waals surface area contributed by atoms with E-state index in [2.05, 4.69) is 10.4 Å². The smallest absolute Gasteiger partial charge is 0.142 e. The van der Waals surface area contributed by atoms with Crippen molar-refractivity contribution >= 4 is 29.0 Å². The molecule has 0 saturated heterocycles. The van der Waals surface area contributed by atoms with E-state index in [0.717, 1.165) is 18.4 Å². The first kappa shape index (κ1) is 10.7. The highest BCUT2D eigenvalue weighted by Crippen LogP contribution is 2.26. The first-order valence-electron chi connectivity index (χ1n) is 4.70. The Labute approximate surface area is 98.2 Å². The molecule has 0 bridgehead atoms. The van der Waals surface area contributed by atoms with Crippen LogP contribution in [0.25, 0.3) is 0 Å². The number of halogens is 2. The zero-order chi connectivity index (χ0) is 10.8. The minimum absolute atomic E-state index is 0.408. The molecule has 0 heterocycles. The second-order valence-electron chi connectivity index (χ2n) is 3.48. The van der Waals surface area contributed by atoms with E-state index in [1.165, 1.54) is 0 Å². The van der Waals surface area contributed by atoms with E-state index >= 15 is 0 Å². The van der Waals surface area contributed by atoms with Crippen molar-refractivity contribution < 1.29 is 0 Å². The molecule has 3 N–H and O–H groups in total. The highest BCUT2D eigenvalue weighted by Gasteiger charge is 2.21. The molecule has 0 spiro atoms. The fourth-order valence-electron chi connectivity index (χ4n) is 1.22. The van der Waals surface area contributed by atoms with Crippen molar-refractivity contribution in [3.8, 4) is 0 Å². The molecule has 3 nitrogen and oxygen atoms in total. The van der Waals surface area contributed by atoms with Crippen LogP contribution in [0.5, 0.6) is 0 Å². The van der Waals surface area contributed by atoms with Gasteiger partial charge >= 0.3 is 0 Å². The standard InChI is InChI=1S/C10H11Cl2N3/c11-8-4-1-6(5-9(8)12)10(15-13)14-7-2-3-7/h1,4-5,7H,2-3,13H2,(H,14,15). The van der Waals surface area contributed by atoms with Gasteiger partial charge in [-0.1, -0.05) is 23.2 Å². The van der Waals surface area contributed by atoms with E-state index in [1.54, 1.807) is 12.1 Å². The fourth-order valence-corrected chi connectivity index (χ4v) is 1.52. The minimum atomic E-state index is 0.408. The number of hydrogen-bond donors (Lipinski definition) is 2. The average Bonchev–Trinajstić information content (AvgIpc) is 3.02. The molecule has 0 aromatic heterocycles. The van der Waals surface area contributed by atoms with Gasteiger partial charge in [0.2, 0.25) is 0 Å². The van der Waals surface area contributed by atoms with E-state index in [4.69, 9.17) is 29.0 Å². The number of aliphatic imine (C=N–C) groups is 1. The van der Waals surface area contributed by atoms with E-state index in [1.807, 2.05) is 6.07 Å². The fraction of sp³-hybridized carbons (Fsp3) is 0.300. The van der Waals surface area contributed by atoms with Crippen LogP contribution in [-0.4, -0.2) is 11.9 Å². The third kappa shape index (κ3) is 2.62. The van der Waals surface area contributed by atoms with Crippen molar-refractivity contribution in [2.75, 3.05) is 0 Å². The van der Waals surface area contributed by atoms with Crippen LogP contribution in [0.2, 0.25) is 10.0 Å². The molecule has 0 aliphatic heterocycles. The van der Waals surface area contributed by atoms with Gasteiger partial charge in [-0.3, -0.25) is 4.99 Å². The lowest BCUT2D eigenvalue weighted by molar-refractivity contribution is 0.971. The lowest BCUT2D eigenvalue weighted by Crippen LogP contribution is -2.31. The number of hydrazine groups is 1. The van der Waals surface area contributed by atoms with Crippen LogP contribution in [0.3, 0.4) is 0 Å². The molecular weight excluding hydrogens is 233 g/mol. The van der Waals surface area contributed by atoms with Gasteiger partial charge in [0.05, 0.1) is 16.1 Å². The number of rotatable bonds is 2. The van der Waals surface area contributed by atoms with Gasteiger partial charge in [-0.25, -0.2) is 5.84 Å². The number of hydrogen-bond acceptors (Lipinski definition) is 2. The van der Waals surface area contributed by atoms with Gasteiger partial charge in [-0.05, 0) is 31.0 Å². The maximum atomic E-state index is 5.91. The molecule has 1 aliphatic rings. The van der Waals surface area contributed by atoms with Gasteiger partial charge in [0.1, 0.15) is 5.84 Å². The van der Waals surface area contributed by atoms with Gasteiger partial charge in [0, 0.05) is 5.56 Å². The first-order chi connectivity index (χ1) is 7.20. The van der Waals surface area contributed by atoms with Crippen molar-refractivity contribution in [3.63, 3.8) is 0 Å². The molecule has 1 fully saturated rings. The molecule has 15 heavy (non-hydrogen) atoms. The Kier molecular flexibility index (Phi) is 3.14. The molecular formula is C10H11Cl2N3. The average molecular weight is 244 g/mol. The summed E-state index contributed by atoms with van der Waals surface area (Å²) in [6, 6.07) is 5.74. The highest BCUT2D eigenvalue weighted by molar-refractivity contribution is 6.42. The van der Waals surface area contributed by atoms with Gasteiger partial charge in [-0.15, -0.1) is 0 Å². The summed E-state index contributed by atoms with van der Waals surface area (Å²) in [6.07, 6.45) is 2.26. The monoisotopic (exact) mass is 243 g/mol. The number of nitrogens with two attached hydrogens (primary N) is 1. The summed E-state index contributed by atoms with van der Waals surface area (Å²) in [7, 11) is 0. The number of benzene rings is 1. The summed E-state index contributed by atoms with van der Waals surface area (Å²) in [6.45, 7) is 0. The lowest BCUT2D eigenvalue weighted by Gasteiger charge is -2.06. The zero-order valence-electron chi connectivity index (χ0n) is 8.00. The molecule has 0 amide bonds. The van der Waals surface area contributed by atoms with Crippen molar-refractivity contribution in [1.29, 1.82) is 0 Å². The van der Waals surface area contributed by atoms with Crippen molar-refractivity contribution in [2.24, 2.45) is 10.8 Å². The largest absolute Gasteiger partial charge is 0.308 e. The van der Waals surface area contributed by atoms with Gasteiger partial charge in [0.25, 0.3) is 0 Å². The molecule has 1 aromatic carbocycles. The summed E-state index contributed by atoms with van der Waals surface area (Å²) in [5, 5.41) is 1.04. The van der Waals surface area contributed by atoms with Crippen LogP contribution in [-0.2, 0) is 0 Å². The zero-order valence-corrected chi connectivity index (χ0v) is 9.52. The number of amidine groups is 1. The maximum absolute atomic E-state index is 5.91. The maximum Gasteiger partial charge on any atom is 0.142 e. The molecule has 1 aromatic rings. The summed E-state index contributed by atoms with van der Waals surface area (Å²) in [5.41, 5.74) is 3.44. The number of nitrogens with zero attached hydrogens (tertiary/aromatic N) is 1. The van der Waals surface area contributed by atoms with Crippen molar-refractivity contribution in [1.82, 2.24) is 5.43 Å². The molecule has 0 radical (unpaired) electrons. The topological polar surface area (TPSA) is 50.4 Å². The summed E-state index contributed by atoms with van der Waals surface area (Å²) in [4.78, 5) is 4.43. The Hall–Kier alpha value is -0.770. The molecule has 1 saturated carbocycles. The third-order valence-corrected chi connectivity index (χ3v) is 2.93. The first-order valence-corrected chi connectivity index (χ1v) is 5.46. The summed E-state index contributed by atoms with van der Waals surface area (Å²) < 4.78 is 0. The van der Waals surface area contributed by atoms with Crippen LogP contribution >= 0.6 is 23.2 Å². The van der Waals surface area contributed by atoms with Crippen LogP contribution in [0.1, 0.15) is 18.4 Å².